The van der Waals surface area contributed by atoms with E-state index >= 15 is 0 Å². The van der Waals surface area contributed by atoms with Crippen LogP contribution >= 0.6 is 0 Å². The minimum Gasteiger partial charge on any atom is -0.475 e. The van der Waals surface area contributed by atoms with Crippen LogP contribution in [0.2, 0.25) is 0 Å². The summed E-state index contributed by atoms with van der Waals surface area (Å²) in [5.41, 5.74) is 1.87. The first kappa shape index (κ1) is 24.7. The molecule has 0 bridgehead atoms. The van der Waals surface area contributed by atoms with E-state index in [2.05, 4.69) is 4.90 Å². The monoisotopic (exact) mass is 472 g/mol. The molecule has 0 spiro atoms. The molecule has 2 atom stereocenters. The molecule has 7 nitrogen and oxygen atoms in total. The van der Waals surface area contributed by atoms with E-state index in [1.54, 1.807) is 24.7 Å². The van der Waals surface area contributed by atoms with Gasteiger partial charge < -0.3 is 19.2 Å². The highest BCUT2D eigenvalue weighted by Crippen LogP contribution is 2.25. The molecule has 1 amide bonds. The summed E-state index contributed by atoms with van der Waals surface area (Å²) in [5, 5.41) is 7.12. The van der Waals surface area contributed by atoms with Gasteiger partial charge in [0.15, 0.2) is 0 Å². The van der Waals surface area contributed by atoms with Gasteiger partial charge >= 0.3 is 12.1 Å². The molecule has 0 unspecified atom stereocenters. The van der Waals surface area contributed by atoms with Crippen molar-refractivity contribution in [2.24, 2.45) is 5.92 Å². The van der Waals surface area contributed by atoms with Gasteiger partial charge in [0.05, 0.1) is 31.7 Å². The fraction of sp³-hybridized carbons (Fsp3) is 0.455. The number of carboxylic acid groups (broad SMARTS) is 1. The zero-order valence-corrected chi connectivity index (χ0v) is 17.6. The lowest BCUT2D eigenvalue weighted by Gasteiger charge is -2.22. The molecule has 0 saturated carbocycles. The van der Waals surface area contributed by atoms with Crippen molar-refractivity contribution in [3.8, 4) is 0 Å². The maximum atomic E-state index is 13.3. The third kappa shape index (κ3) is 7.29. The Morgan fingerprint density at radius 1 is 1.12 bits per heavy atom. The molecular weight excluding hydrogens is 448 g/mol. The molecule has 1 aromatic heterocycles. The fourth-order valence-electron chi connectivity index (χ4n) is 3.88. The van der Waals surface area contributed by atoms with Gasteiger partial charge in [0.25, 0.3) is 0 Å². The lowest BCUT2D eigenvalue weighted by molar-refractivity contribution is -0.192. The van der Waals surface area contributed by atoms with Gasteiger partial charge in [0.2, 0.25) is 5.91 Å². The molecular formula is C22H24F4N2O5. The van der Waals surface area contributed by atoms with Crippen molar-refractivity contribution >= 4 is 11.9 Å². The van der Waals surface area contributed by atoms with Crippen LogP contribution in [-0.4, -0.2) is 71.8 Å². The Morgan fingerprint density at radius 2 is 1.88 bits per heavy atom. The Labute approximate surface area is 187 Å². The number of halogens is 4. The molecule has 2 fully saturated rings. The third-order valence-corrected chi connectivity index (χ3v) is 5.44. The standard InChI is InChI=1S/C20H23FN2O3.C2HF3O2/c21-18-3-1-2-15(8-18)9-20(24)23-12-17-11-22(5-7-26-19(17)13-23)10-16-4-6-25-14-16;3-2(4,5)1(6)7/h1-4,6,8,14,17,19H,5,7,9-13H2;(H,6,7)/t17-,19+;/m0./s1. The number of hydrogen-bond donors (Lipinski definition) is 1. The van der Waals surface area contributed by atoms with Crippen LogP contribution in [0.5, 0.6) is 0 Å². The summed E-state index contributed by atoms with van der Waals surface area (Å²) in [6.07, 6.45) is -1.31. The number of carbonyl (C=O) groups excluding carboxylic acids is 1. The SMILES string of the molecule is O=C(Cc1cccc(F)c1)N1C[C@@H]2CN(Cc3ccoc3)CCO[C@@H]2C1.O=C(O)C(F)(F)F. The van der Waals surface area contributed by atoms with E-state index in [-0.39, 0.29) is 24.2 Å². The molecule has 3 heterocycles. The number of furan rings is 1. The Morgan fingerprint density at radius 3 is 2.52 bits per heavy atom. The Bertz CT molecular complexity index is 935. The first-order valence-electron chi connectivity index (χ1n) is 10.3. The van der Waals surface area contributed by atoms with Crippen LogP contribution < -0.4 is 0 Å². The number of carbonyl (C=O) groups is 2. The molecule has 1 aromatic carbocycles. The van der Waals surface area contributed by atoms with Crippen molar-refractivity contribution in [2.75, 3.05) is 32.8 Å². The van der Waals surface area contributed by atoms with Crippen LogP contribution in [0, 0.1) is 11.7 Å². The largest absolute Gasteiger partial charge is 0.490 e. The van der Waals surface area contributed by atoms with Gasteiger partial charge in [0, 0.05) is 44.2 Å². The molecule has 33 heavy (non-hydrogen) atoms. The number of hydrogen-bond acceptors (Lipinski definition) is 5. The summed E-state index contributed by atoms with van der Waals surface area (Å²) in [6, 6.07) is 8.23. The summed E-state index contributed by atoms with van der Waals surface area (Å²) >= 11 is 0. The normalized spacial score (nSPS) is 21.0. The Hall–Kier alpha value is -2.92. The number of alkyl halides is 3. The molecule has 2 aliphatic heterocycles. The van der Waals surface area contributed by atoms with Gasteiger partial charge in [-0.25, -0.2) is 9.18 Å². The molecule has 2 saturated heterocycles. The van der Waals surface area contributed by atoms with Crippen LogP contribution in [0.4, 0.5) is 17.6 Å². The first-order chi connectivity index (χ1) is 15.6. The number of ether oxygens (including phenoxy) is 1. The van der Waals surface area contributed by atoms with Crippen LogP contribution in [0.3, 0.4) is 0 Å². The van der Waals surface area contributed by atoms with Gasteiger partial charge in [-0.05, 0) is 23.8 Å². The number of aliphatic carboxylic acids is 1. The van der Waals surface area contributed by atoms with Crippen LogP contribution in [-0.2, 0) is 27.3 Å². The van der Waals surface area contributed by atoms with E-state index in [4.69, 9.17) is 19.1 Å². The highest BCUT2D eigenvalue weighted by molar-refractivity contribution is 5.79. The second-order valence-electron chi connectivity index (χ2n) is 7.94. The average Bonchev–Trinajstić information content (AvgIpc) is 3.34. The number of amides is 1. The molecule has 180 valence electrons. The molecule has 1 N–H and O–H groups in total. The second-order valence-corrected chi connectivity index (χ2v) is 7.94. The van der Waals surface area contributed by atoms with Crippen molar-refractivity contribution < 1.29 is 41.4 Å². The lowest BCUT2D eigenvalue weighted by Crippen LogP contribution is -2.34. The summed E-state index contributed by atoms with van der Waals surface area (Å²) in [6.45, 7) is 4.61. The van der Waals surface area contributed by atoms with E-state index in [1.165, 1.54) is 12.1 Å². The Balaban J connectivity index is 0.000000383. The van der Waals surface area contributed by atoms with E-state index in [1.807, 2.05) is 11.0 Å². The van der Waals surface area contributed by atoms with Crippen molar-refractivity contribution in [3.05, 3.63) is 59.8 Å². The maximum Gasteiger partial charge on any atom is 0.490 e. The summed E-state index contributed by atoms with van der Waals surface area (Å²) < 4.78 is 56.2. The number of rotatable bonds is 4. The first-order valence-corrected chi connectivity index (χ1v) is 10.3. The summed E-state index contributed by atoms with van der Waals surface area (Å²) in [4.78, 5) is 25.7. The average molecular weight is 472 g/mol. The zero-order chi connectivity index (χ0) is 24.0. The third-order valence-electron chi connectivity index (χ3n) is 5.44. The predicted octanol–water partition coefficient (Wildman–Crippen LogP) is 2.95. The summed E-state index contributed by atoms with van der Waals surface area (Å²) in [7, 11) is 0. The Kier molecular flexibility index (Phi) is 8.09. The topological polar surface area (TPSA) is 83.2 Å². The zero-order valence-electron chi connectivity index (χ0n) is 17.6. The predicted molar refractivity (Wildman–Crippen MR) is 108 cm³/mol. The smallest absolute Gasteiger partial charge is 0.475 e. The molecule has 2 aliphatic rings. The number of carboxylic acids is 1. The van der Waals surface area contributed by atoms with Crippen molar-refractivity contribution in [1.82, 2.24) is 9.80 Å². The van der Waals surface area contributed by atoms with Crippen LogP contribution in [0.15, 0.2) is 47.3 Å². The van der Waals surface area contributed by atoms with Gasteiger partial charge in [-0.1, -0.05) is 12.1 Å². The highest BCUT2D eigenvalue weighted by atomic mass is 19.4. The van der Waals surface area contributed by atoms with Crippen molar-refractivity contribution in [1.29, 1.82) is 0 Å². The molecule has 0 radical (unpaired) electrons. The second kappa shape index (κ2) is 10.8. The number of nitrogens with zero attached hydrogens (tertiary/aromatic N) is 2. The maximum absolute atomic E-state index is 13.3. The van der Waals surface area contributed by atoms with Gasteiger partial charge in [-0.15, -0.1) is 0 Å². The quantitative estimate of drug-likeness (QED) is 0.690. The van der Waals surface area contributed by atoms with Gasteiger partial charge in [-0.3, -0.25) is 9.69 Å². The molecule has 0 aliphatic carbocycles. The molecule has 2 aromatic rings. The summed E-state index contributed by atoms with van der Waals surface area (Å²) in [5.74, 6) is -2.72. The van der Waals surface area contributed by atoms with Gasteiger partial charge in [0.1, 0.15) is 5.82 Å². The minimum absolute atomic E-state index is 0.0358. The van der Waals surface area contributed by atoms with Crippen LogP contribution in [0.25, 0.3) is 0 Å². The highest BCUT2D eigenvalue weighted by Gasteiger charge is 2.39. The van der Waals surface area contributed by atoms with Gasteiger partial charge in [-0.2, -0.15) is 13.2 Å². The molecule has 11 heteroatoms. The lowest BCUT2D eigenvalue weighted by atomic mass is 10.1. The van der Waals surface area contributed by atoms with Crippen molar-refractivity contribution in [2.45, 2.75) is 25.2 Å². The fourth-order valence-corrected chi connectivity index (χ4v) is 3.88. The molecule has 4 rings (SSSR count). The number of fused-ring (bicyclic) bond motifs is 1. The number of benzene rings is 1. The number of likely N-dealkylation sites (tertiary alicyclic amines) is 1. The van der Waals surface area contributed by atoms with E-state index < -0.39 is 12.1 Å². The minimum atomic E-state index is -5.08. The van der Waals surface area contributed by atoms with Crippen molar-refractivity contribution in [3.63, 3.8) is 0 Å². The van der Waals surface area contributed by atoms with E-state index in [0.29, 0.717) is 31.2 Å². The van der Waals surface area contributed by atoms with Crippen LogP contribution in [0.1, 0.15) is 11.1 Å². The van der Waals surface area contributed by atoms with E-state index in [9.17, 15) is 22.4 Å². The van der Waals surface area contributed by atoms with E-state index in [0.717, 1.165) is 25.2 Å².